The summed E-state index contributed by atoms with van der Waals surface area (Å²) in [5.74, 6) is 1.03. The Labute approximate surface area is 138 Å². The average Bonchev–Trinajstić information content (AvgIpc) is 3.23. The van der Waals surface area contributed by atoms with E-state index in [1.54, 1.807) is 4.90 Å². The number of hydrogen-bond donors (Lipinski definition) is 2. The molecule has 3 heterocycles. The maximum Gasteiger partial charge on any atom is 0.248 e. The zero-order valence-corrected chi connectivity index (χ0v) is 13.4. The van der Waals surface area contributed by atoms with Crippen LogP contribution in [0.25, 0.3) is 11.0 Å². The Balaban J connectivity index is 1.51. The third-order valence-corrected chi connectivity index (χ3v) is 5.47. The van der Waals surface area contributed by atoms with Gasteiger partial charge in [-0.1, -0.05) is 0 Å². The summed E-state index contributed by atoms with van der Waals surface area (Å²) in [7, 11) is 1.98. The number of nitrogens with one attached hydrogen (secondary N) is 1. The van der Waals surface area contributed by atoms with Gasteiger partial charge in [-0.05, 0) is 24.7 Å². The van der Waals surface area contributed by atoms with Crippen molar-refractivity contribution in [2.45, 2.75) is 18.9 Å². The van der Waals surface area contributed by atoms with Crippen molar-refractivity contribution in [1.82, 2.24) is 19.9 Å². The highest BCUT2D eigenvalue weighted by Gasteiger charge is 2.43. The van der Waals surface area contributed by atoms with Crippen LogP contribution in [0.4, 0.5) is 10.2 Å². The molecule has 2 unspecified atom stereocenters. The largest absolute Gasteiger partial charge is 0.387 e. The Morgan fingerprint density at radius 1 is 1.42 bits per heavy atom. The molecule has 0 radical (unpaired) electrons. The average molecular weight is 333 g/mol. The van der Waals surface area contributed by atoms with Gasteiger partial charge in [0, 0.05) is 32.2 Å². The minimum atomic E-state index is -0.416. The first kappa shape index (κ1) is 15.3. The smallest absolute Gasteiger partial charge is 0.248 e. The lowest BCUT2D eigenvalue weighted by Gasteiger charge is -2.27. The van der Waals surface area contributed by atoms with Crippen LogP contribution in [0, 0.1) is 17.8 Å². The highest BCUT2D eigenvalue weighted by Crippen LogP contribution is 2.41. The molecule has 4 rings (SSSR count). The molecular weight excluding hydrogens is 313 g/mol. The molecule has 0 aromatic carbocycles. The Kier molecular flexibility index (Phi) is 3.64. The summed E-state index contributed by atoms with van der Waals surface area (Å²) in [6.07, 6.45) is 3.38. The van der Waals surface area contributed by atoms with E-state index in [0.717, 1.165) is 18.7 Å². The maximum absolute atomic E-state index is 13.5. The van der Waals surface area contributed by atoms with E-state index in [1.165, 1.54) is 12.4 Å². The second-order valence-corrected chi connectivity index (χ2v) is 6.79. The normalized spacial score (nSPS) is 26.1. The number of hydrogen-bond acceptors (Lipinski definition) is 5. The number of likely N-dealkylation sites (tertiary alicyclic amines) is 1. The summed E-state index contributed by atoms with van der Waals surface area (Å²) in [5.41, 5.74) is 0.502. The highest BCUT2D eigenvalue weighted by atomic mass is 19.1. The maximum atomic E-state index is 13.5. The van der Waals surface area contributed by atoms with Crippen molar-refractivity contribution in [3.63, 3.8) is 0 Å². The van der Waals surface area contributed by atoms with Crippen molar-refractivity contribution in [3.8, 4) is 0 Å². The van der Waals surface area contributed by atoms with Crippen LogP contribution in [0.1, 0.15) is 12.8 Å². The molecule has 2 aliphatic rings. The van der Waals surface area contributed by atoms with Crippen LogP contribution in [-0.2, 0) is 4.79 Å². The molecule has 24 heavy (non-hydrogen) atoms. The van der Waals surface area contributed by atoms with Gasteiger partial charge in [0.05, 0.1) is 5.39 Å². The number of aliphatic hydroxyl groups is 1. The van der Waals surface area contributed by atoms with Gasteiger partial charge < -0.3 is 19.9 Å². The SMILES string of the molecule is CN(c1ncnc2[nH]c(F)cc12)C1CC2CN(C(=O)CO)C[C@H]2C1. The first-order chi connectivity index (χ1) is 11.6. The molecule has 1 saturated carbocycles. The molecule has 0 bridgehead atoms. The summed E-state index contributed by atoms with van der Waals surface area (Å²) < 4.78 is 13.5. The topological polar surface area (TPSA) is 85.4 Å². The van der Waals surface area contributed by atoms with Crippen LogP contribution in [0.15, 0.2) is 12.4 Å². The van der Waals surface area contributed by atoms with Crippen molar-refractivity contribution in [2.75, 3.05) is 31.6 Å². The Bertz CT molecular complexity index is 765. The van der Waals surface area contributed by atoms with Crippen molar-refractivity contribution in [1.29, 1.82) is 0 Å². The van der Waals surface area contributed by atoms with E-state index >= 15 is 0 Å². The van der Waals surface area contributed by atoms with Gasteiger partial charge in [-0.3, -0.25) is 4.79 Å². The number of carbonyl (C=O) groups excluding carboxylic acids is 1. The number of aliphatic hydroxyl groups excluding tert-OH is 1. The highest BCUT2D eigenvalue weighted by molar-refractivity contribution is 5.87. The number of amides is 1. The van der Waals surface area contributed by atoms with Crippen molar-refractivity contribution < 1.29 is 14.3 Å². The van der Waals surface area contributed by atoms with Crippen molar-refractivity contribution in [3.05, 3.63) is 18.3 Å². The van der Waals surface area contributed by atoms with Gasteiger partial charge in [0.25, 0.3) is 0 Å². The summed E-state index contributed by atoms with van der Waals surface area (Å²) >= 11 is 0. The van der Waals surface area contributed by atoms with E-state index in [2.05, 4.69) is 19.9 Å². The second-order valence-electron chi connectivity index (χ2n) is 6.79. The number of anilines is 1. The number of aromatic amines is 1. The predicted molar refractivity (Wildman–Crippen MR) is 85.9 cm³/mol. The van der Waals surface area contributed by atoms with Crippen LogP contribution >= 0.6 is 0 Å². The molecule has 1 aliphatic carbocycles. The van der Waals surface area contributed by atoms with Crippen molar-refractivity contribution in [2.24, 2.45) is 11.8 Å². The van der Waals surface area contributed by atoms with Gasteiger partial charge in [0.1, 0.15) is 24.4 Å². The van der Waals surface area contributed by atoms with Gasteiger partial charge in [0.2, 0.25) is 5.91 Å². The van der Waals surface area contributed by atoms with E-state index in [1.807, 2.05) is 7.05 Å². The second kappa shape index (κ2) is 5.70. The quantitative estimate of drug-likeness (QED) is 0.866. The lowest BCUT2D eigenvalue weighted by Crippen LogP contribution is -2.35. The summed E-state index contributed by atoms with van der Waals surface area (Å²) in [6, 6.07) is 1.74. The van der Waals surface area contributed by atoms with Crippen LogP contribution < -0.4 is 4.90 Å². The molecule has 128 valence electrons. The molecule has 2 N–H and O–H groups in total. The van der Waals surface area contributed by atoms with E-state index in [4.69, 9.17) is 5.11 Å². The zero-order valence-electron chi connectivity index (χ0n) is 13.4. The molecule has 2 aromatic heterocycles. The predicted octanol–water partition coefficient (Wildman–Crippen LogP) is 0.762. The van der Waals surface area contributed by atoms with Crippen LogP contribution in [0.5, 0.6) is 0 Å². The van der Waals surface area contributed by atoms with Crippen LogP contribution in [-0.4, -0.2) is 63.7 Å². The van der Waals surface area contributed by atoms with Gasteiger partial charge in [-0.25, -0.2) is 9.97 Å². The van der Waals surface area contributed by atoms with E-state index in [9.17, 15) is 9.18 Å². The molecule has 2 aromatic rings. The number of rotatable bonds is 3. The minimum Gasteiger partial charge on any atom is -0.387 e. The Morgan fingerprint density at radius 3 is 2.79 bits per heavy atom. The number of aromatic nitrogens is 3. The molecule has 1 amide bonds. The van der Waals surface area contributed by atoms with Crippen LogP contribution in [0.2, 0.25) is 0 Å². The molecular formula is C16H20FN5O2. The Hall–Kier alpha value is -2.22. The standard InChI is InChI=1S/C16H20FN5O2/c1-21(16-12-4-13(17)20-15(12)18-8-19-16)11-2-9-5-22(14(24)7-23)6-10(9)3-11/h4,8-11,23H,2-3,5-7H2,1H3,(H,18,19,20)/t9-,10?,11?/m1/s1. The summed E-state index contributed by atoms with van der Waals surface area (Å²) in [4.78, 5) is 26.5. The lowest BCUT2D eigenvalue weighted by atomic mass is 10.0. The lowest BCUT2D eigenvalue weighted by molar-refractivity contribution is -0.133. The number of nitrogens with zero attached hydrogens (tertiary/aromatic N) is 4. The summed E-state index contributed by atoms with van der Waals surface area (Å²) in [6.45, 7) is 1.01. The molecule has 2 fully saturated rings. The molecule has 7 nitrogen and oxygen atoms in total. The fraction of sp³-hybridized carbons (Fsp3) is 0.562. The number of H-pyrrole nitrogens is 1. The van der Waals surface area contributed by atoms with Gasteiger partial charge in [-0.15, -0.1) is 0 Å². The van der Waals surface area contributed by atoms with Crippen LogP contribution in [0.3, 0.4) is 0 Å². The minimum absolute atomic E-state index is 0.186. The third-order valence-electron chi connectivity index (χ3n) is 5.47. The van der Waals surface area contributed by atoms with Gasteiger partial charge in [-0.2, -0.15) is 4.39 Å². The molecule has 0 spiro atoms. The van der Waals surface area contributed by atoms with Gasteiger partial charge >= 0.3 is 0 Å². The first-order valence-electron chi connectivity index (χ1n) is 8.17. The summed E-state index contributed by atoms with van der Waals surface area (Å²) in [5, 5.41) is 9.69. The molecule has 3 atom stereocenters. The number of fused-ring (bicyclic) bond motifs is 2. The van der Waals surface area contributed by atoms with Crippen molar-refractivity contribution >= 4 is 22.8 Å². The third kappa shape index (κ3) is 2.41. The fourth-order valence-corrected chi connectivity index (χ4v) is 4.24. The van der Waals surface area contributed by atoms with Gasteiger partial charge in [0.15, 0.2) is 5.95 Å². The number of carbonyl (C=O) groups is 1. The monoisotopic (exact) mass is 333 g/mol. The number of halogens is 1. The van der Waals surface area contributed by atoms with E-state index in [-0.39, 0.29) is 5.91 Å². The molecule has 1 saturated heterocycles. The van der Waals surface area contributed by atoms with E-state index in [0.29, 0.717) is 42.0 Å². The molecule has 8 heteroatoms. The molecule has 1 aliphatic heterocycles. The Morgan fingerprint density at radius 2 is 2.12 bits per heavy atom. The zero-order chi connectivity index (χ0) is 16.8. The first-order valence-corrected chi connectivity index (χ1v) is 8.17. The fourth-order valence-electron chi connectivity index (χ4n) is 4.24. The van der Waals surface area contributed by atoms with E-state index < -0.39 is 12.6 Å².